The van der Waals surface area contributed by atoms with Gasteiger partial charge in [0.1, 0.15) is 5.60 Å². The Kier molecular flexibility index (Phi) is 11.3. The molecule has 0 aliphatic heterocycles. The van der Waals surface area contributed by atoms with Crippen molar-refractivity contribution < 1.29 is 14.3 Å². The maximum Gasteiger partial charge on any atom is 0.407 e. The Morgan fingerprint density at radius 2 is 1.64 bits per heavy atom. The highest BCUT2D eigenvalue weighted by Crippen LogP contribution is 2.05. The minimum Gasteiger partial charge on any atom is -0.444 e. The molecule has 0 saturated heterocycles. The van der Waals surface area contributed by atoms with Crippen molar-refractivity contribution in [2.75, 3.05) is 40.4 Å². The molecule has 0 aliphatic carbocycles. The van der Waals surface area contributed by atoms with Crippen molar-refractivity contribution in [3.63, 3.8) is 0 Å². The molecule has 0 aromatic heterocycles. The van der Waals surface area contributed by atoms with Crippen LogP contribution in [0.25, 0.3) is 0 Å². The number of guanidine groups is 1. The first-order chi connectivity index (χ1) is 10.4. The van der Waals surface area contributed by atoms with E-state index in [-0.39, 0.29) is 0 Å². The van der Waals surface area contributed by atoms with E-state index in [1.54, 1.807) is 14.2 Å². The van der Waals surface area contributed by atoms with Crippen LogP contribution in [0.2, 0.25) is 0 Å². The number of rotatable bonds is 9. The third kappa shape index (κ3) is 13.5. The summed E-state index contributed by atoms with van der Waals surface area (Å²) in [4.78, 5) is 15.6. The molecule has 0 aliphatic rings. The number of aliphatic imine (C=N–C) groups is 1. The van der Waals surface area contributed by atoms with Crippen molar-refractivity contribution in [3.8, 4) is 0 Å². The molecule has 3 N–H and O–H groups in total. The van der Waals surface area contributed by atoms with Crippen LogP contribution < -0.4 is 16.0 Å². The van der Waals surface area contributed by atoms with E-state index in [1.165, 1.54) is 0 Å². The minimum absolute atomic E-state index is 0.407. The molecule has 0 saturated carbocycles. The van der Waals surface area contributed by atoms with Gasteiger partial charge >= 0.3 is 6.09 Å². The molecule has 22 heavy (non-hydrogen) atoms. The van der Waals surface area contributed by atoms with Crippen molar-refractivity contribution in [1.29, 1.82) is 0 Å². The van der Waals surface area contributed by atoms with Gasteiger partial charge in [-0.3, -0.25) is 4.99 Å². The molecule has 0 atom stereocenters. The molecule has 0 fully saturated rings. The summed E-state index contributed by atoms with van der Waals surface area (Å²) in [6.07, 6.45) is 2.86. The van der Waals surface area contributed by atoms with E-state index in [0.717, 1.165) is 38.4 Å². The van der Waals surface area contributed by atoms with Crippen LogP contribution in [0.15, 0.2) is 4.99 Å². The highest BCUT2D eigenvalue weighted by atomic mass is 16.6. The molecule has 0 aromatic rings. The number of ether oxygens (including phenoxy) is 2. The van der Waals surface area contributed by atoms with Crippen molar-refractivity contribution >= 4 is 12.1 Å². The van der Waals surface area contributed by atoms with Gasteiger partial charge in [-0.15, -0.1) is 0 Å². The van der Waals surface area contributed by atoms with Gasteiger partial charge in [0.05, 0.1) is 0 Å². The van der Waals surface area contributed by atoms with Gasteiger partial charge in [-0.05, 0) is 40.0 Å². The third-order valence-electron chi connectivity index (χ3n) is 2.63. The van der Waals surface area contributed by atoms with E-state index >= 15 is 0 Å². The normalized spacial score (nSPS) is 12.0. The molecular formula is C15H32N4O3. The summed E-state index contributed by atoms with van der Waals surface area (Å²) in [6.45, 7) is 8.24. The number of hydrogen-bond donors (Lipinski definition) is 3. The number of nitrogens with zero attached hydrogens (tertiary/aromatic N) is 1. The van der Waals surface area contributed by atoms with Crippen LogP contribution in [0, 0.1) is 0 Å². The molecule has 0 rings (SSSR count). The van der Waals surface area contributed by atoms with Crippen LogP contribution in [-0.4, -0.2) is 58.1 Å². The maximum absolute atomic E-state index is 11.5. The molecular weight excluding hydrogens is 284 g/mol. The molecule has 0 bridgehead atoms. The lowest BCUT2D eigenvalue weighted by Crippen LogP contribution is -2.42. The summed E-state index contributed by atoms with van der Waals surface area (Å²) in [5.74, 6) is 0.734. The summed E-state index contributed by atoms with van der Waals surface area (Å²) in [6, 6.07) is 0. The number of nitrogens with one attached hydrogen (secondary N) is 3. The standard InChI is InChI=1S/C15H32N4O3/c1-15(2,3)22-14(20)19-11-10-18-13(16-4)17-9-7-6-8-12-21-5/h6-12H2,1-5H3,(H,19,20)(H2,16,17,18). The number of alkyl carbamates (subject to hydrolysis) is 1. The van der Waals surface area contributed by atoms with Crippen molar-refractivity contribution in [2.24, 2.45) is 4.99 Å². The average Bonchev–Trinajstić information content (AvgIpc) is 2.43. The van der Waals surface area contributed by atoms with E-state index in [4.69, 9.17) is 9.47 Å². The molecule has 0 aromatic carbocycles. The third-order valence-corrected chi connectivity index (χ3v) is 2.63. The van der Waals surface area contributed by atoms with Gasteiger partial charge < -0.3 is 25.4 Å². The van der Waals surface area contributed by atoms with Crippen LogP contribution in [0.3, 0.4) is 0 Å². The Bertz CT molecular complexity index is 327. The van der Waals surface area contributed by atoms with E-state index in [1.807, 2.05) is 20.8 Å². The van der Waals surface area contributed by atoms with Crippen LogP contribution >= 0.6 is 0 Å². The van der Waals surface area contributed by atoms with Gasteiger partial charge in [-0.1, -0.05) is 0 Å². The molecule has 0 radical (unpaired) electrons. The number of hydrogen-bond acceptors (Lipinski definition) is 4. The summed E-state index contributed by atoms with van der Waals surface area (Å²) in [7, 11) is 3.44. The van der Waals surface area contributed by atoms with Crippen molar-refractivity contribution in [2.45, 2.75) is 45.6 Å². The summed E-state index contributed by atoms with van der Waals surface area (Å²) in [5, 5.41) is 9.05. The van der Waals surface area contributed by atoms with Crippen molar-refractivity contribution in [3.05, 3.63) is 0 Å². The van der Waals surface area contributed by atoms with E-state index in [9.17, 15) is 4.79 Å². The molecule has 7 nitrogen and oxygen atoms in total. The van der Waals surface area contributed by atoms with Crippen LogP contribution in [0.1, 0.15) is 40.0 Å². The fourth-order valence-corrected chi connectivity index (χ4v) is 1.64. The first kappa shape index (κ1) is 20.5. The molecule has 0 unspecified atom stereocenters. The van der Waals surface area contributed by atoms with E-state index in [0.29, 0.717) is 13.1 Å². The molecule has 0 heterocycles. The molecule has 1 amide bonds. The van der Waals surface area contributed by atoms with Crippen LogP contribution in [0.5, 0.6) is 0 Å². The monoisotopic (exact) mass is 316 g/mol. The second-order valence-electron chi connectivity index (χ2n) is 5.91. The zero-order valence-corrected chi connectivity index (χ0v) is 14.6. The predicted octanol–water partition coefficient (Wildman–Crippen LogP) is 1.49. The van der Waals surface area contributed by atoms with E-state index in [2.05, 4.69) is 20.9 Å². The second kappa shape index (κ2) is 12.1. The minimum atomic E-state index is -0.474. The Morgan fingerprint density at radius 1 is 1.00 bits per heavy atom. The number of amides is 1. The first-order valence-corrected chi connectivity index (χ1v) is 7.79. The highest BCUT2D eigenvalue weighted by molar-refractivity contribution is 5.79. The Labute approximate surface area is 134 Å². The van der Waals surface area contributed by atoms with Gasteiger partial charge in [0.15, 0.2) is 5.96 Å². The zero-order chi connectivity index (χ0) is 16.8. The SMILES string of the molecule is CN=C(NCCCCCOC)NCCNC(=O)OC(C)(C)C. The predicted molar refractivity (Wildman–Crippen MR) is 89.3 cm³/mol. The summed E-state index contributed by atoms with van der Waals surface area (Å²) in [5.41, 5.74) is -0.474. The largest absolute Gasteiger partial charge is 0.444 e. The highest BCUT2D eigenvalue weighted by Gasteiger charge is 2.15. The maximum atomic E-state index is 11.5. The lowest BCUT2D eigenvalue weighted by molar-refractivity contribution is 0.0529. The fourth-order valence-electron chi connectivity index (χ4n) is 1.64. The molecule has 7 heteroatoms. The second-order valence-corrected chi connectivity index (χ2v) is 5.91. The van der Waals surface area contributed by atoms with Crippen LogP contribution in [-0.2, 0) is 9.47 Å². The molecule has 130 valence electrons. The number of carbonyl (C=O) groups is 1. The smallest absolute Gasteiger partial charge is 0.407 e. The first-order valence-electron chi connectivity index (χ1n) is 7.79. The Balaban J connectivity index is 3.64. The average molecular weight is 316 g/mol. The lowest BCUT2D eigenvalue weighted by Gasteiger charge is -2.19. The Morgan fingerprint density at radius 3 is 2.23 bits per heavy atom. The van der Waals surface area contributed by atoms with E-state index < -0.39 is 11.7 Å². The number of carbonyl (C=O) groups excluding carboxylic acids is 1. The van der Waals surface area contributed by atoms with Crippen LogP contribution in [0.4, 0.5) is 4.79 Å². The summed E-state index contributed by atoms with van der Waals surface area (Å²) >= 11 is 0. The van der Waals surface area contributed by atoms with Gasteiger partial charge in [-0.2, -0.15) is 0 Å². The number of methoxy groups -OCH3 is 1. The number of unbranched alkanes of at least 4 members (excludes halogenated alkanes) is 2. The lowest BCUT2D eigenvalue weighted by atomic mass is 10.2. The van der Waals surface area contributed by atoms with Gasteiger partial charge in [-0.25, -0.2) is 4.79 Å². The van der Waals surface area contributed by atoms with Crippen molar-refractivity contribution in [1.82, 2.24) is 16.0 Å². The molecule has 0 spiro atoms. The quantitative estimate of drug-likeness (QED) is 0.341. The Hall–Kier alpha value is -1.50. The fraction of sp³-hybridized carbons (Fsp3) is 0.867. The van der Waals surface area contributed by atoms with Gasteiger partial charge in [0.2, 0.25) is 0 Å². The summed E-state index contributed by atoms with van der Waals surface area (Å²) < 4.78 is 10.2. The van der Waals surface area contributed by atoms with Gasteiger partial charge in [0.25, 0.3) is 0 Å². The topological polar surface area (TPSA) is 84.0 Å². The van der Waals surface area contributed by atoms with Gasteiger partial charge in [0, 0.05) is 40.4 Å². The zero-order valence-electron chi connectivity index (χ0n) is 14.6.